The van der Waals surface area contributed by atoms with E-state index in [0.29, 0.717) is 18.1 Å². The van der Waals surface area contributed by atoms with Gasteiger partial charge in [0, 0.05) is 0 Å². The number of hydrogen-bond acceptors (Lipinski definition) is 6. The van der Waals surface area contributed by atoms with Crippen LogP contribution in [0.4, 0.5) is 5.69 Å². The van der Waals surface area contributed by atoms with Gasteiger partial charge in [-0.05, 0) is 24.8 Å². The number of ether oxygens (including phenoxy) is 1. The molecular formula is C10H12N4O2S. The van der Waals surface area contributed by atoms with Crippen LogP contribution in [0.5, 0.6) is 0 Å². The molecule has 2 aromatic heterocycles. The summed E-state index contributed by atoms with van der Waals surface area (Å²) in [6.45, 7) is 3.94. The van der Waals surface area contributed by atoms with Gasteiger partial charge in [0.25, 0.3) is 5.82 Å². The summed E-state index contributed by atoms with van der Waals surface area (Å²) in [5.74, 6) is -0.0298. The van der Waals surface area contributed by atoms with Crippen molar-refractivity contribution < 1.29 is 9.53 Å². The number of nitrogen functional groups attached to an aromatic ring is 1. The molecule has 0 bridgehead atoms. The topological polar surface area (TPSA) is 93.9 Å². The third kappa shape index (κ3) is 2.14. The Morgan fingerprint density at radius 2 is 2.41 bits per heavy atom. The summed E-state index contributed by atoms with van der Waals surface area (Å²) in [7, 11) is 0. The molecule has 0 unspecified atom stereocenters. The van der Waals surface area contributed by atoms with E-state index in [-0.39, 0.29) is 5.82 Å². The second-order valence-electron chi connectivity index (χ2n) is 3.39. The fourth-order valence-corrected chi connectivity index (χ4v) is 2.20. The van der Waals surface area contributed by atoms with E-state index in [1.165, 1.54) is 11.3 Å². The summed E-state index contributed by atoms with van der Waals surface area (Å²) in [6.07, 6.45) is 0. The number of esters is 1. The monoisotopic (exact) mass is 252 g/mol. The van der Waals surface area contributed by atoms with Crippen molar-refractivity contribution in [3.05, 3.63) is 16.8 Å². The van der Waals surface area contributed by atoms with Crippen LogP contribution in [-0.2, 0) is 4.74 Å². The molecule has 0 radical (unpaired) electrons. The zero-order valence-corrected chi connectivity index (χ0v) is 10.3. The predicted octanol–water partition coefficient (Wildman–Crippen LogP) is 1.60. The van der Waals surface area contributed by atoms with E-state index in [4.69, 9.17) is 10.5 Å². The van der Waals surface area contributed by atoms with Gasteiger partial charge in [-0.3, -0.25) is 5.10 Å². The fourth-order valence-electron chi connectivity index (χ4n) is 1.29. The molecule has 7 heteroatoms. The standard InChI is InChI=1S/C10H12N4O2S/c1-3-16-10(15)9-12-8(13-14-9)7-6(11)5(2)4-17-7/h4H,3,11H2,1-2H3,(H,12,13,14). The van der Waals surface area contributed by atoms with Gasteiger partial charge >= 0.3 is 5.97 Å². The van der Waals surface area contributed by atoms with E-state index in [1.807, 2.05) is 12.3 Å². The van der Waals surface area contributed by atoms with Crippen LogP contribution in [0.3, 0.4) is 0 Å². The summed E-state index contributed by atoms with van der Waals surface area (Å²) >= 11 is 1.46. The number of nitrogens with two attached hydrogens (primary N) is 1. The Morgan fingerprint density at radius 1 is 1.65 bits per heavy atom. The van der Waals surface area contributed by atoms with Gasteiger partial charge in [-0.1, -0.05) is 0 Å². The first-order valence-corrected chi connectivity index (χ1v) is 5.95. The first-order valence-electron chi connectivity index (χ1n) is 5.07. The summed E-state index contributed by atoms with van der Waals surface area (Å²) in [5.41, 5.74) is 7.52. The average Bonchev–Trinajstić information content (AvgIpc) is 2.88. The molecule has 0 atom stereocenters. The molecule has 3 N–H and O–H groups in total. The molecule has 0 amide bonds. The molecule has 0 saturated carbocycles. The minimum atomic E-state index is -0.540. The van der Waals surface area contributed by atoms with Gasteiger partial charge in [-0.15, -0.1) is 16.4 Å². The molecule has 2 rings (SSSR count). The van der Waals surface area contributed by atoms with Crippen molar-refractivity contribution in [2.24, 2.45) is 0 Å². The van der Waals surface area contributed by atoms with E-state index < -0.39 is 5.97 Å². The largest absolute Gasteiger partial charge is 0.460 e. The highest BCUT2D eigenvalue weighted by molar-refractivity contribution is 7.14. The van der Waals surface area contributed by atoms with Gasteiger partial charge in [-0.2, -0.15) is 0 Å². The zero-order valence-electron chi connectivity index (χ0n) is 9.48. The van der Waals surface area contributed by atoms with E-state index in [9.17, 15) is 4.79 Å². The van der Waals surface area contributed by atoms with Crippen molar-refractivity contribution in [1.82, 2.24) is 15.2 Å². The highest BCUT2D eigenvalue weighted by Crippen LogP contribution is 2.32. The Balaban J connectivity index is 2.30. The number of carbonyl (C=O) groups excluding carboxylic acids is 1. The van der Waals surface area contributed by atoms with Crippen LogP contribution >= 0.6 is 11.3 Å². The number of aryl methyl sites for hydroxylation is 1. The molecule has 0 saturated heterocycles. The quantitative estimate of drug-likeness (QED) is 0.809. The van der Waals surface area contributed by atoms with Gasteiger partial charge in [0.15, 0.2) is 5.82 Å². The molecule has 90 valence electrons. The van der Waals surface area contributed by atoms with E-state index in [1.54, 1.807) is 6.92 Å². The Bertz CT molecular complexity index is 546. The number of carbonyl (C=O) groups is 1. The molecule has 0 fully saturated rings. The van der Waals surface area contributed by atoms with Crippen molar-refractivity contribution in [3.63, 3.8) is 0 Å². The zero-order chi connectivity index (χ0) is 12.4. The van der Waals surface area contributed by atoms with Crippen LogP contribution in [0.25, 0.3) is 10.7 Å². The lowest BCUT2D eigenvalue weighted by Crippen LogP contribution is -2.06. The molecule has 0 aliphatic carbocycles. The Labute approximate surface area is 102 Å². The molecular weight excluding hydrogens is 240 g/mol. The number of hydrogen-bond donors (Lipinski definition) is 2. The lowest BCUT2D eigenvalue weighted by molar-refractivity contribution is 0.0512. The average molecular weight is 252 g/mol. The second kappa shape index (κ2) is 4.54. The maximum atomic E-state index is 11.4. The van der Waals surface area contributed by atoms with Crippen molar-refractivity contribution in [1.29, 1.82) is 0 Å². The molecule has 2 heterocycles. The Hall–Kier alpha value is -1.89. The molecule has 0 aliphatic heterocycles. The fraction of sp³-hybridized carbons (Fsp3) is 0.300. The van der Waals surface area contributed by atoms with Crippen molar-refractivity contribution in [3.8, 4) is 10.7 Å². The van der Waals surface area contributed by atoms with E-state index in [2.05, 4.69) is 15.2 Å². The van der Waals surface area contributed by atoms with Gasteiger partial charge < -0.3 is 10.5 Å². The number of rotatable bonds is 3. The normalized spacial score (nSPS) is 10.5. The minimum absolute atomic E-state index is 0.0207. The smallest absolute Gasteiger partial charge is 0.378 e. The molecule has 0 aromatic carbocycles. The molecule has 6 nitrogen and oxygen atoms in total. The molecule has 17 heavy (non-hydrogen) atoms. The minimum Gasteiger partial charge on any atom is -0.460 e. The molecule has 0 aliphatic rings. The first kappa shape index (κ1) is 11.6. The molecule has 0 spiro atoms. The number of nitrogens with one attached hydrogen (secondary N) is 1. The third-order valence-electron chi connectivity index (χ3n) is 2.18. The summed E-state index contributed by atoms with van der Waals surface area (Å²) in [6, 6.07) is 0. The van der Waals surface area contributed by atoms with Gasteiger partial charge in [0.1, 0.15) is 0 Å². The van der Waals surface area contributed by atoms with E-state index >= 15 is 0 Å². The summed E-state index contributed by atoms with van der Waals surface area (Å²) < 4.78 is 4.80. The van der Waals surface area contributed by atoms with Crippen LogP contribution in [0.1, 0.15) is 23.1 Å². The predicted molar refractivity (Wildman–Crippen MR) is 64.8 cm³/mol. The third-order valence-corrected chi connectivity index (χ3v) is 3.30. The lowest BCUT2D eigenvalue weighted by atomic mass is 10.3. The van der Waals surface area contributed by atoms with Crippen LogP contribution in [0, 0.1) is 6.92 Å². The Morgan fingerprint density at radius 3 is 3.00 bits per heavy atom. The number of anilines is 1. The second-order valence-corrected chi connectivity index (χ2v) is 4.27. The van der Waals surface area contributed by atoms with Crippen LogP contribution < -0.4 is 5.73 Å². The maximum absolute atomic E-state index is 11.4. The lowest BCUT2D eigenvalue weighted by Gasteiger charge is -1.95. The SMILES string of the molecule is CCOC(=O)c1n[nH]c(-c2scc(C)c2N)n1. The number of thiophene rings is 1. The summed E-state index contributed by atoms with van der Waals surface area (Å²) in [4.78, 5) is 16.2. The van der Waals surface area contributed by atoms with Crippen molar-refractivity contribution in [2.45, 2.75) is 13.8 Å². The number of aromatic amines is 1. The van der Waals surface area contributed by atoms with Gasteiger partial charge in [-0.25, -0.2) is 9.78 Å². The van der Waals surface area contributed by atoms with Crippen molar-refractivity contribution in [2.75, 3.05) is 12.3 Å². The highest BCUT2D eigenvalue weighted by atomic mass is 32.1. The van der Waals surface area contributed by atoms with Crippen LogP contribution in [-0.4, -0.2) is 27.8 Å². The Kier molecular flexibility index (Phi) is 3.10. The van der Waals surface area contributed by atoms with Crippen LogP contribution in [0.2, 0.25) is 0 Å². The van der Waals surface area contributed by atoms with Crippen molar-refractivity contribution >= 4 is 23.0 Å². The first-order chi connectivity index (χ1) is 8.13. The van der Waals surface area contributed by atoms with E-state index in [0.717, 1.165) is 10.4 Å². The van der Waals surface area contributed by atoms with Crippen LogP contribution in [0.15, 0.2) is 5.38 Å². The number of H-pyrrole nitrogens is 1. The summed E-state index contributed by atoms with van der Waals surface area (Å²) in [5, 5.41) is 8.41. The highest BCUT2D eigenvalue weighted by Gasteiger charge is 2.17. The number of nitrogens with zero attached hydrogens (tertiary/aromatic N) is 2. The van der Waals surface area contributed by atoms with Gasteiger partial charge in [0.05, 0.1) is 17.2 Å². The maximum Gasteiger partial charge on any atom is 0.378 e. The molecule has 2 aromatic rings. The van der Waals surface area contributed by atoms with Gasteiger partial charge in [0.2, 0.25) is 0 Å². The number of aromatic nitrogens is 3.